The third-order valence-corrected chi connectivity index (χ3v) is 2.26. The molecule has 0 saturated carbocycles. The molecule has 0 aliphatic heterocycles. The molecule has 0 unspecified atom stereocenters. The van der Waals surface area contributed by atoms with E-state index >= 15 is 0 Å². The minimum atomic E-state index is -4.79. The molecule has 0 aromatic heterocycles. The molecule has 0 bridgehead atoms. The zero-order valence-electron chi connectivity index (χ0n) is 9.27. The summed E-state index contributed by atoms with van der Waals surface area (Å²) in [5.41, 5.74) is -1.72. The van der Waals surface area contributed by atoms with E-state index in [1.54, 1.807) is 0 Å². The van der Waals surface area contributed by atoms with E-state index in [1.165, 1.54) is 0 Å². The fourth-order valence-corrected chi connectivity index (χ4v) is 1.39. The zero-order chi connectivity index (χ0) is 15.2. The molecule has 0 heterocycles. The van der Waals surface area contributed by atoms with Gasteiger partial charge in [0.25, 0.3) is 0 Å². The van der Waals surface area contributed by atoms with Crippen LogP contribution in [-0.2, 0) is 29.0 Å². The molecule has 0 radical (unpaired) electrons. The summed E-state index contributed by atoms with van der Waals surface area (Å²) in [5, 5.41) is 25.9. The smallest absolute Gasteiger partial charge is 0.397 e. The summed E-state index contributed by atoms with van der Waals surface area (Å²) in [4.78, 5) is 32.0. The zero-order valence-corrected chi connectivity index (χ0v) is 10.1. The molecular formula is C8H10O10S. The van der Waals surface area contributed by atoms with E-state index in [2.05, 4.69) is 4.18 Å². The van der Waals surface area contributed by atoms with Gasteiger partial charge in [-0.2, -0.15) is 8.42 Å². The van der Waals surface area contributed by atoms with Crippen LogP contribution in [0.15, 0.2) is 11.1 Å². The first-order chi connectivity index (χ1) is 8.54. The van der Waals surface area contributed by atoms with Gasteiger partial charge in [-0.25, -0.2) is 13.8 Å². The standard InChI is InChI=1S/C8H10O10S/c9-6(10)3-5(8(13)14)4(7(11)12)1-2-18-19(15,16)17/h1-3H2,(H,9,10)(H,11,12)(H,13,14)(H,15,16,17)/b5-4-. The first kappa shape index (κ1) is 17.0. The van der Waals surface area contributed by atoms with Gasteiger partial charge >= 0.3 is 28.3 Å². The molecule has 0 aromatic carbocycles. The van der Waals surface area contributed by atoms with Crippen molar-refractivity contribution in [2.45, 2.75) is 12.8 Å². The largest absolute Gasteiger partial charge is 0.481 e. The third kappa shape index (κ3) is 7.13. The van der Waals surface area contributed by atoms with Crippen molar-refractivity contribution in [3.8, 4) is 0 Å². The topological polar surface area (TPSA) is 175 Å². The lowest BCUT2D eigenvalue weighted by molar-refractivity contribution is -0.140. The molecule has 0 rings (SSSR count). The molecule has 4 N–H and O–H groups in total. The van der Waals surface area contributed by atoms with Gasteiger partial charge in [0.15, 0.2) is 0 Å². The van der Waals surface area contributed by atoms with Gasteiger partial charge < -0.3 is 15.3 Å². The highest BCUT2D eigenvalue weighted by atomic mass is 32.3. The van der Waals surface area contributed by atoms with E-state index in [0.717, 1.165) is 0 Å². The fourth-order valence-electron chi connectivity index (χ4n) is 1.10. The van der Waals surface area contributed by atoms with Crippen LogP contribution < -0.4 is 0 Å². The van der Waals surface area contributed by atoms with Crippen LogP contribution in [0.5, 0.6) is 0 Å². The minimum Gasteiger partial charge on any atom is -0.481 e. The Hall–Kier alpha value is -1.98. The van der Waals surface area contributed by atoms with E-state index in [1.807, 2.05) is 0 Å². The Labute approximate surface area is 106 Å². The summed E-state index contributed by atoms with van der Waals surface area (Å²) in [5.74, 6) is -5.05. The Balaban J connectivity index is 5.18. The summed E-state index contributed by atoms with van der Waals surface area (Å²) >= 11 is 0. The lowest BCUT2D eigenvalue weighted by atomic mass is 10.0. The average Bonchev–Trinajstić information content (AvgIpc) is 2.19. The second-order valence-corrected chi connectivity index (χ2v) is 4.23. The SMILES string of the molecule is O=C(O)C/C(C(=O)O)=C(\CCOS(=O)(=O)O)C(=O)O. The van der Waals surface area contributed by atoms with E-state index in [-0.39, 0.29) is 0 Å². The molecule has 0 atom stereocenters. The van der Waals surface area contributed by atoms with Gasteiger partial charge in [0.05, 0.1) is 24.2 Å². The van der Waals surface area contributed by atoms with E-state index < -0.39 is 58.9 Å². The summed E-state index contributed by atoms with van der Waals surface area (Å²) in [7, 11) is -4.79. The van der Waals surface area contributed by atoms with Crippen molar-refractivity contribution in [2.75, 3.05) is 6.61 Å². The first-order valence-electron chi connectivity index (χ1n) is 4.57. The monoisotopic (exact) mass is 298 g/mol. The Morgan fingerprint density at radius 3 is 1.74 bits per heavy atom. The van der Waals surface area contributed by atoms with Crippen LogP contribution in [0.2, 0.25) is 0 Å². The molecule has 19 heavy (non-hydrogen) atoms. The maximum absolute atomic E-state index is 10.8. The molecule has 0 spiro atoms. The predicted molar refractivity (Wildman–Crippen MR) is 56.7 cm³/mol. The van der Waals surface area contributed by atoms with Crippen LogP contribution in [-0.4, -0.2) is 52.8 Å². The fraction of sp³-hybridized carbons (Fsp3) is 0.375. The summed E-state index contributed by atoms with van der Waals surface area (Å²) in [6.45, 7) is -0.836. The highest BCUT2D eigenvalue weighted by molar-refractivity contribution is 7.80. The van der Waals surface area contributed by atoms with Gasteiger partial charge in [0.2, 0.25) is 0 Å². The third-order valence-electron chi connectivity index (χ3n) is 1.79. The Kier molecular flexibility index (Phi) is 6.11. The molecule has 11 heteroatoms. The van der Waals surface area contributed by atoms with Crippen molar-refractivity contribution in [1.82, 2.24) is 0 Å². The average molecular weight is 298 g/mol. The highest BCUT2D eigenvalue weighted by Crippen LogP contribution is 2.14. The number of hydrogen-bond donors (Lipinski definition) is 4. The minimum absolute atomic E-state index is 0.704. The van der Waals surface area contributed by atoms with Gasteiger partial charge in [-0.05, 0) is 0 Å². The second kappa shape index (κ2) is 6.82. The highest BCUT2D eigenvalue weighted by Gasteiger charge is 2.22. The maximum Gasteiger partial charge on any atom is 0.397 e. The van der Waals surface area contributed by atoms with Gasteiger partial charge in [-0.15, -0.1) is 0 Å². The predicted octanol–water partition coefficient (Wildman–Crippen LogP) is -0.864. The van der Waals surface area contributed by atoms with Gasteiger partial charge in [-0.1, -0.05) is 0 Å². The quantitative estimate of drug-likeness (QED) is 0.325. The van der Waals surface area contributed by atoms with Crippen molar-refractivity contribution in [2.24, 2.45) is 0 Å². The molecule has 0 amide bonds. The summed E-state index contributed by atoms with van der Waals surface area (Å²) < 4.78 is 32.5. The molecule has 0 aliphatic rings. The van der Waals surface area contributed by atoms with Crippen molar-refractivity contribution in [3.63, 3.8) is 0 Å². The molecule has 0 fully saturated rings. The normalized spacial score (nSPS) is 12.7. The molecule has 108 valence electrons. The van der Waals surface area contributed by atoms with Gasteiger partial charge in [0.1, 0.15) is 0 Å². The lowest BCUT2D eigenvalue weighted by Crippen LogP contribution is -2.16. The maximum atomic E-state index is 10.8. The van der Waals surface area contributed by atoms with E-state index in [4.69, 9.17) is 19.9 Å². The van der Waals surface area contributed by atoms with Crippen LogP contribution in [0.3, 0.4) is 0 Å². The van der Waals surface area contributed by atoms with E-state index in [9.17, 15) is 22.8 Å². The van der Waals surface area contributed by atoms with Crippen LogP contribution in [0.25, 0.3) is 0 Å². The molecular weight excluding hydrogens is 288 g/mol. The first-order valence-corrected chi connectivity index (χ1v) is 5.93. The van der Waals surface area contributed by atoms with Crippen molar-refractivity contribution in [1.29, 1.82) is 0 Å². The van der Waals surface area contributed by atoms with Crippen LogP contribution in [0, 0.1) is 0 Å². The Morgan fingerprint density at radius 1 is 0.947 bits per heavy atom. The molecule has 10 nitrogen and oxygen atoms in total. The van der Waals surface area contributed by atoms with E-state index in [0.29, 0.717) is 0 Å². The number of aliphatic carboxylic acids is 3. The second-order valence-electron chi connectivity index (χ2n) is 3.14. The van der Waals surface area contributed by atoms with Gasteiger partial charge in [0, 0.05) is 6.42 Å². The Morgan fingerprint density at radius 2 is 1.42 bits per heavy atom. The van der Waals surface area contributed by atoms with Crippen LogP contribution in [0.1, 0.15) is 12.8 Å². The number of rotatable bonds is 8. The van der Waals surface area contributed by atoms with Gasteiger partial charge in [-0.3, -0.25) is 9.35 Å². The number of carboxylic acids is 3. The summed E-state index contributed by atoms with van der Waals surface area (Å²) in [6, 6.07) is 0. The molecule has 0 aliphatic carbocycles. The molecule has 0 aromatic rings. The number of carboxylic acid groups (broad SMARTS) is 3. The number of hydrogen-bond acceptors (Lipinski definition) is 6. The van der Waals surface area contributed by atoms with Crippen molar-refractivity contribution < 1.29 is 46.9 Å². The van der Waals surface area contributed by atoms with Crippen LogP contribution in [0.4, 0.5) is 0 Å². The lowest BCUT2D eigenvalue weighted by Gasteiger charge is -2.06. The Bertz CT molecular complexity index is 514. The van der Waals surface area contributed by atoms with Crippen LogP contribution >= 0.6 is 0 Å². The summed E-state index contributed by atoms with van der Waals surface area (Å²) in [6.07, 6.45) is -1.76. The van der Waals surface area contributed by atoms with Crippen molar-refractivity contribution >= 4 is 28.3 Å². The van der Waals surface area contributed by atoms with Crippen molar-refractivity contribution in [3.05, 3.63) is 11.1 Å². The molecule has 0 saturated heterocycles. The number of carbonyl (C=O) groups is 3.